The van der Waals surface area contributed by atoms with Gasteiger partial charge in [-0.2, -0.15) is 0 Å². The normalized spacial score (nSPS) is 23.6. The van der Waals surface area contributed by atoms with E-state index in [1.54, 1.807) is 7.11 Å². The first-order valence-electron chi connectivity index (χ1n) is 10.8. The second kappa shape index (κ2) is 11.4. The van der Waals surface area contributed by atoms with E-state index < -0.39 is 0 Å². The average molecular weight is 405 g/mol. The predicted molar refractivity (Wildman–Crippen MR) is 116 cm³/mol. The van der Waals surface area contributed by atoms with Gasteiger partial charge in [-0.05, 0) is 50.9 Å². The molecule has 3 unspecified atom stereocenters. The molecular weight excluding hydrogens is 368 g/mol. The zero-order valence-electron chi connectivity index (χ0n) is 18.0. The van der Waals surface area contributed by atoms with Crippen LogP contribution in [0.25, 0.3) is 0 Å². The molecule has 0 amide bonds. The number of benzene rings is 1. The summed E-state index contributed by atoms with van der Waals surface area (Å²) in [7, 11) is 3.80. The van der Waals surface area contributed by atoms with Gasteiger partial charge in [0.25, 0.3) is 0 Å². The van der Waals surface area contributed by atoms with Gasteiger partial charge >= 0.3 is 0 Å². The molecule has 0 radical (unpaired) electrons. The molecule has 2 aliphatic rings. The maximum Gasteiger partial charge on any atom is 0.191 e. The standard InChI is InChI=1S/C22H36N4O3/c1-4-23-22(25-20-15-19-8-9-21(20)29-19)24-16-17-6-5-7-18(14-17)28-13-11-26(2)10-12-27-3/h5-7,14,19-21H,4,8-13,15-16H2,1-3H3,(H2,23,24,25). The third-order valence-electron chi connectivity index (χ3n) is 5.51. The fraction of sp³-hybridized carbons (Fsp3) is 0.682. The van der Waals surface area contributed by atoms with Crippen molar-refractivity contribution in [1.82, 2.24) is 15.5 Å². The van der Waals surface area contributed by atoms with Crippen LogP contribution in [0.5, 0.6) is 5.75 Å². The average Bonchev–Trinajstić information content (AvgIpc) is 3.34. The van der Waals surface area contributed by atoms with Gasteiger partial charge in [-0.3, -0.25) is 0 Å². The number of nitrogens with one attached hydrogen (secondary N) is 2. The summed E-state index contributed by atoms with van der Waals surface area (Å²) in [5.74, 6) is 1.75. The summed E-state index contributed by atoms with van der Waals surface area (Å²) in [5.41, 5.74) is 1.14. The van der Waals surface area contributed by atoms with Crippen molar-refractivity contribution in [3.8, 4) is 5.75 Å². The van der Waals surface area contributed by atoms with Crippen LogP contribution in [-0.4, -0.2) is 76.1 Å². The van der Waals surface area contributed by atoms with Crippen molar-refractivity contribution >= 4 is 5.96 Å². The first-order valence-corrected chi connectivity index (χ1v) is 10.8. The van der Waals surface area contributed by atoms with Crippen LogP contribution in [0.1, 0.15) is 31.7 Å². The van der Waals surface area contributed by atoms with E-state index in [1.165, 1.54) is 6.42 Å². The largest absolute Gasteiger partial charge is 0.492 e. The minimum atomic E-state index is 0.336. The monoisotopic (exact) mass is 404 g/mol. The number of methoxy groups -OCH3 is 1. The minimum Gasteiger partial charge on any atom is -0.492 e. The molecule has 2 N–H and O–H groups in total. The van der Waals surface area contributed by atoms with E-state index in [0.29, 0.717) is 31.4 Å². The summed E-state index contributed by atoms with van der Waals surface area (Å²) in [4.78, 5) is 6.98. The van der Waals surface area contributed by atoms with E-state index in [2.05, 4.69) is 41.6 Å². The number of aliphatic imine (C=N–C) groups is 1. The Kier molecular flexibility index (Phi) is 8.58. The van der Waals surface area contributed by atoms with Gasteiger partial charge in [0.15, 0.2) is 5.96 Å². The highest BCUT2D eigenvalue weighted by atomic mass is 16.5. The van der Waals surface area contributed by atoms with Crippen LogP contribution in [0, 0.1) is 0 Å². The van der Waals surface area contributed by atoms with Crippen molar-refractivity contribution in [1.29, 1.82) is 0 Å². The molecular formula is C22H36N4O3. The van der Waals surface area contributed by atoms with Crippen LogP contribution in [0.3, 0.4) is 0 Å². The van der Waals surface area contributed by atoms with Crippen LogP contribution in [-0.2, 0) is 16.0 Å². The van der Waals surface area contributed by atoms with Crippen molar-refractivity contribution in [2.45, 2.75) is 51.0 Å². The zero-order valence-corrected chi connectivity index (χ0v) is 18.0. The second-order valence-corrected chi connectivity index (χ2v) is 7.85. The van der Waals surface area contributed by atoms with Gasteiger partial charge in [0, 0.05) is 26.7 Å². The Labute approximate surface area is 174 Å². The molecule has 1 aromatic rings. The quantitative estimate of drug-likeness (QED) is 0.435. The topological polar surface area (TPSA) is 67.4 Å². The van der Waals surface area contributed by atoms with Crippen molar-refractivity contribution in [3.05, 3.63) is 29.8 Å². The third kappa shape index (κ3) is 6.87. The van der Waals surface area contributed by atoms with E-state index in [4.69, 9.17) is 19.2 Å². The van der Waals surface area contributed by atoms with Crippen molar-refractivity contribution < 1.29 is 14.2 Å². The molecule has 7 heteroatoms. The highest BCUT2D eigenvalue weighted by molar-refractivity contribution is 5.80. The summed E-state index contributed by atoms with van der Waals surface area (Å²) >= 11 is 0. The first kappa shape index (κ1) is 21.9. The zero-order chi connectivity index (χ0) is 20.5. The van der Waals surface area contributed by atoms with Crippen LogP contribution in [0.4, 0.5) is 0 Å². The molecule has 1 aromatic carbocycles. The SMILES string of the molecule is CCNC(=NCc1cccc(OCCN(C)CCOC)c1)NC1CC2CCC1O2. The lowest BCUT2D eigenvalue weighted by molar-refractivity contribution is 0.0992. The highest BCUT2D eigenvalue weighted by Crippen LogP contribution is 2.34. The Morgan fingerprint density at radius 1 is 1.28 bits per heavy atom. The van der Waals surface area contributed by atoms with Gasteiger partial charge in [0.2, 0.25) is 0 Å². The highest BCUT2D eigenvalue weighted by Gasteiger charge is 2.41. The summed E-state index contributed by atoms with van der Waals surface area (Å²) in [6.07, 6.45) is 4.20. The van der Waals surface area contributed by atoms with E-state index in [1.807, 2.05) is 12.1 Å². The molecule has 2 aliphatic heterocycles. The van der Waals surface area contributed by atoms with Crippen molar-refractivity contribution in [3.63, 3.8) is 0 Å². The molecule has 0 aliphatic carbocycles. The first-order chi connectivity index (χ1) is 14.2. The molecule has 2 fully saturated rings. The summed E-state index contributed by atoms with van der Waals surface area (Å²) in [5, 5.41) is 6.92. The van der Waals surface area contributed by atoms with Gasteiger partial charge in [-0.1, -0.05) is 12.1 Å². The Morgan fingerprint density at radius 3 is 2.86 bits per heavy atom. The maximum atomic E-state index is 5.95. The Balaban J connectivity index is 1.48. The Bertz CT molecular complexity index is 655. The molecule has 3 atom stereocenters. The lowest BCUT2D eigenvalue weighted by atomic mass is 9.96. The van der Waals surface area contributed by atoms with Gasteiger partial charge in [-0.15, -0.1) is 0 Å². The third-order valence-corrected chi connectivity index (χ3v) is 5.51. The van der Waals surface area contributed by atoms with E-state index in [-0.39, 0.29) is 0 Å². The van der Waals surface area contributed by atoms with E-state index in [0.717, 1.165) is 56.4 Å². The fourth-order valence-corrected chi connectivity index (χ4v) is 3.87. The number of nitrogens with zero attached hydrogens (tertiary/aromatic N) is 2. The predicted octanol–water partition coefficient (Wildman–Crippen LogP) is 2.02. The lowest BCUT2D eigenvalue weighted by Gasteiger charge is -2.22. The molecule has 7 nitrogen and oxygen atoms in total. The number of fused-ring (bicyclic) bond motifs is 2. The molecule has 0 spiro atoms. The van der Waals surface area contributed by atoms with Crippen molar-refractivity contribution in [2.75, 3.05) is 47.0 Å². The molecule has 2 saturated heterocycles. The maximum absolute atomic E-state index is 5.95. The van der Waals surface area contributed by atoms with Gasteiger partial charge in [0.05, 0.1) is 31.4 Å². The molecule has 0 aromatic heterocycles. The van der Waals surface area contributed by atoms with E-state index >= 15 is 0 Å². The molecule has 0 saturated carbocycles. The summed E-state index contributed by atoms with van der Waals surface area (Å²) in [6, 6.07) is 8.56. The Morgan fingerprint density at radius 2 is 2.14 bits per heavy atom. The number of rotatable bonds is 11. The van der Waals surface area contributed by atoms with Gasteiger partial charge in [-0.25, -0.2) is 4.99 Å². The molecule has 29 heavy (non-hydrogen) atoms. The van der Waals surface area contributed by atoms with Crippen LogP contribution < -0.4 is 15.4 Å². The fourth-order valence-electron chi connectivity index (χ4n) is 3.87. The second-order valence-electron chi connectivity index (χ2n) is 7.85. The number of ether oxygens (including phenoxy) is 3. The van der Waals surface area contributed by atoms with Gasteiger partial charge < -0.3 is 29.7 Å². The van der Waals surface area contributed by atoms with Crippen LogP contribution >= 0.6 is 0 Å². The molecule has 2 heterocycles. The number of hydrogen-bond acceptors (Lipinski definition) is 5. The van der Waals surface area contributed by atoms with Crippen molar-refractivity contribution in [2.24, 2.45) is 4.99 Å². The van der Waals surface area contributed by atoms with Gasteiger partial charge in [0.1, 0.15) is 12.4 Å². The number of guanidine groups is 1. The summed E-state index contributed by atoms with van der Waals surface area (Å²) in [6.45, 7) is 6.71. The molecule has 162 valence electrons. The Hall–Kier alpha value is -1.83. The lowest BCUT2D eigenvalue weighted by Crippen LogP contribution is -2.47. The molecule has 3 rings (SSSR count). The number of likely N-dealkylation sites (N-methyl/N-ethyl adjacent to an activating group) is 1. The van der Waals surface area contributed by atoms with Crippen LogP contribution in [0.2, 0.25) is 0 Å². The minimum absolute atomic E-state index is 0.336. The van der Waals surface area contributed by atoms with Crippen LogP contribution in [0.15, 0.2) is 29.3 Å². The van der Waals surface area contributed by atoms with E-state index in [9.17, 15) is 0 Å². The number of hydrogen-bond donors (Lipinski definition) is 2. The smallest absolute Gasteiger partial charge is 0.191 e. The molecule has 2 bridgehead atoms. The summed E-state index contributed by atoms with van der Waals surface area (Å²) < 4.78 is 17.0.